The Kier molecular flexibility index (Phi) is 4.79. The highest BCUT2D eigenvalue weighted by atomic mass is 16.5. The number of methoxy groups -OCH3 is 2. The van der Waals surface area contributed by atoms with Crippen LogP contribution in [0.2, 0.25) is 0 Å². The van der Waals surface area contributed by atoms with E-state index < -0.39 is 5.72 Å². The van der Waals surface area contributed by atoms with Crippen LogP contribution in [-0.4, -0.2) is 42.8 Å². The first kappa shape index (κ1) is 17.9. The Bertz CT molecular complexity index is 830. The number of hydrogen-bond donors (Lipinski definition) is 1. The maximum absolute atomic E-state index is 11.8. The van der Waals surface area contributed by atoms with E-state index in [9.17, 15) is 5.11 Å². The monoisotopic (exact) mass is 367 g/mol. The van der Waals surface area contributed by atoms with Crippen LogP contribution in [0, 0.1) is 0 Å². The molecule has 0 amide bonds. The smallest absolute Gasteiger partial charge is 0.271 e. The van der Waals surface area contributed by atoms with Crippen LogP contribution in [-0.2, 0) is 5.72 Å². The summed E-state index contributed by atoms with van der Waals surface area (Å²) in [6.07, 6.45) is 4.41. The quantitative estimate of drug-likeness (QED) is 0.842. The van der Waals surface area contributed by atoms with Gasteiger partial charge in [0, 0.05) is 12.0 Å². The molecule has 0 bridgehead atoms. The highest BCUT2D eigenvalue weighted by molar-refractivity contribution is 5.96. The molecule has 142 valence electrons. The molecule has 0 fully saturated rings. The molecule has 2 aliphatic rings. The number of ether oxygens (including phenoxy) is 2. The molecule has 2 aromatic carbocycles. The lowest BCUT2D eigenvalue weighted by Gasteiger charge is -2.23. The predicted molar refractivity (Wildman–Crippen MR) is 106 cm³/mol. The van der Waals surface area contributed by atoms with Crippen molar-refractivity contribution in [3.05, 3.63) is 54.1 Å². The highest BCUT2D eigenvalue weighted by Crippen LogP contribution is 2.36. The molecule has 2 heterocycles. The second-order valence-electron chi connectivity index (χ2n) is 7.21. The SMILES string of the molecule is COc1ccc(N2C[C@](O)(c3ccc(OC)cc3)[N+]3=C2CCCCC3)cc1. The van der Waals surface area contributed by atoms with Crippen molar-refractivity contribution in [1.29, 1.82) is 0 Å². The Balaban J connectivity index is 1.75. The van der Waals surface area contributed by atoms with Gasteiger partial charge >= 0.3 is 0 Å². The van der Waals surface area contributed by atoms with E-state index in [4.69, 9.17) is 9.47 Å². The minimum atomic E-state index is -1.04. The number of aliphatic hydroxyl groups is 1. The third-order valence-corrected chi connectivity index (χ3v) is 5.67. The molecule has 5 heteroatoms. The fourth-order valence-electron chi connectivity index (χ4n) is 4.18. The first-order valence-corrected chi connectivity index (χ1v) is 9.58. The van der Waals surface area contributed by atoms with E-state index in [0.29, 0.717) is 6.54 Å². The van der Waals surface area contributed by atoms with Crippen LogP contribution in [0.4, 0.5) is 5.69 Å². The molecule has 0 saturated heterocycles. The summed E-state index contributed by atoms with van der Waals surface area (Å²) in [4.78, 5) is 2.26. The average Bonchev–Trinajstić information content (AvgIpc) is 2.87. The van der Waals surface area contributed by atoms with Crippen LogP contribution in [0.15, 0.2) is 48.5 Å². The Morgan fingerprint density at radius 3 is 2.15 bits per heavy atom. The lowest BCUT2D eigenvalue weighted by Crippen LogP contribution is -2.41. The summed E-state index contributed by atoms with van der Waals surface area (Å²) < 4.78 is 12.8. The summed E-state index contributed by atoms with van der Waals surface area (Å²) in [6, 6.07) is 15.9. The molecule has 0 saturated carbocycles. The summed E-state index contributed by atoms with van der Waals surface area (Å²) in [7, 11) is 3.33. The molecule has 0 aromatic heterocycles. The first-order valence-electron chi connectivity index (χ1n) is 9.58. The first-order chi connectivity index (χ1) is 13.2. The van der Waals surface area contributed by atoms with Crippen molar-refractivity contribution in [2.24, 2.45) is 0 Å². The molecular weight excluding hydrogens is 340 g/mol. The van der Waals surface area contributed by atoms with Gasteiger partial charge in [0.1, 0.15) is 17.2 Å². The molecule has 2 aliphatic heterocycles. The van der Waals surface area contributed by atoms with E-state index in [1.807, 2.05) is 36.4 Å². The predicted octanol–water partition coefficient (Wildman–Crippen LogP) is 3.35. The third-order valence-electron chi connectivity index (χ3n) is 5.67. The largest absolute Gasteiger partial charge is 0.497 e. The van der Waals surface area contributed by atoms with Gasteiger partial charge in [0.05, 0.1) is 20.8 Å². The number of rotatable bonds is 4. The maximum Gasteiger partial charge on any atom is 0.271 e. The summed E-state index contributed by atoms with van der Waals surface area (Å²) >= 11 is 0. The summed E-state index contributed by atoms with van der Waals surface area (Å²) in [5, 5.41) is 11.8. The van der Waals surface area contributed by atoms with E-state index in [1.54, 1.807) is 14.2 Å². The van der Waals surface area contributed by atoms with Crippen molar-refractivity contribution in [2.75, 3.05) is 32.2 Å². The summed E-state index contributed by atoms with van der Waals surface area (Å²) in [5.74, 6) is 2.84. The average molecular weight is 367 g/mol. The van der Waals surface area contributed by atoms with Crippen LogP contribution < -0.4 is 14.4 Å². The summed E-state index contributed by atoms with van der Waals surface area (Å²) in [5.41, 5.74) is 0.951. The van der Waals surface area contributed by atoms with Gasteiger partial charge in [-0.3, -0.25) is 0 Å². The van der Waals surface area contributed by atoms with Gasteiger partial charge < -0.3 is 14.6 Å². The zero-order valence-electron chi connectivity index (χ0n) is 16.0. The van der Waals surface area contributed by atoms with Crippen molar-refractivity contribution < 1.29 is 19.2 Å². The minimum absolute atomic E-state index is 0.515. The minimum Gasteiger partial charge on any atom is -0.497 e. The van der Waals surface area contributed by atoms with Crippen molar-refractivity contribution in [3.8, 4) is 11.5 Å². The van der Waals surface area contributed by atoms with Crippen molar-refractivity contribution in [3.63, 3.8) is 0 Å². The molecule has 27 heavy (non-hydrogen) atoms. The molecule has 0 spiro atoms. The van der Waals surface area contributed by atoms with Gasteiger partial charge in [-0.1, -0.05) is 0 Å². The fraction of sp³-hybridized carbons (Fsp3) is 0.409. The molecule has 0 aliphatic carbocycles. The van der Waals surface area contributed by atoms with E-state index >= 15 is 0 Å². The van der Waals surface area contributed by atoms with Gasteiger partial charge in [-0.25, -0.2) is 9.48 Å². The zero-order chi connectivity index (χ0) is 18.9. The zero-order valence-corrected chi connectivity index (χ0v) is 16.0. The molecule has 5 nitrogen and oxygen atoms in total. The second kappa shape index (κ2) is 7.24. The van der Waals surface area contributed by atoms with Crippen LogP contribution in [0.3, 0.4) is 0 Å². The molecule has 1 atom stereocenters. The number of nitrogens with zero attached hydrogens (tertiary/aromatic N) is 2. The molecule has 1 N–H and O–H groups in total. The maximum atomic E-state index is 11.8. The van der Waals surface area contributed by atoms with Gasteiger partial charge in [-0.15, -0.1) is 0 Å². The van der Waals surface area contributed by atoms with Crippen molar-refractivity contribution in [1.82, 2.24) is 0 Å². The van der Waals surface area contributed by atoms with Crippen LogP contribution in [0.25, 0.3) is 0 Å². The molecule has 2 aromatic rings. The lowest BCUT2D eigenvalue weighted by atomic mass is 10.0. The molecule has 0 unspecified atom stereocenters. The van der Waals surface area contributed by atoms with Gasteiger partial charge in [-0.05, 0) is 67.8 Å². The number of amidine groups is 1. The number of benzene rings is 2. The third kappa shape index (κ3) is 3.16. The Morgan fingerprint density at radius 1 is 0.889 bits per heavy atom. The van der Waals surface area contributed by atoms with E-state index in [0.717, 1.165) is 48.6 Å². The van der Waals surface area contributed by atoms with Gasteiger partial charge in [0.25, 0.3) is 11.6 Å². The Morgan fingerprint density at radius 2 is 1.52 bits per heavy atom. The van der Waals surface area contributed by atoms with Crippen LogP contribution in [0.1, 0.15) is 31.2 Å². The second-order valence-corrected chi connectivity index (χ2v) is 7.21. The van der Waals surface area contributed by atoms with Gasteiger partial charge in [0.2, 0.25) is 0 Å². The van der Waals surface area contributed by atoms with Crippen molar-refractivity contribution in [2.45, 2.75) is 31.4 Å². The lowest BCUT2D eigenvalue weighted by molar-refractivity contribution is -0.658. The number of β-amino-alcohol motifs (C(OH)–C–C–N with tert-alkyl or cyclic N) is 1. The molecular formula is C22H27N2O3+. The Labute approximate surface area is 160 Å². The van der Waals surface area contributed by atoms with E-state index in [-0.39, 0.29) is 0 Å². The Hall–Kier alpha value is -2.53. The topological polar surface area (TPSA) is 44.9 Å². The van der Waals surface area contributed by atoms with E-state index in [1.165, 1.54) is 12.3 Å². The fourth-order valence-corrected chi connectivity index (χ4v) is 4.18. The normalized spacial score (nSPS) is 22.4. The molecule has 4 rings (SSSR count). The standard InChI is InChI=1S/C22H27N2O3/c1-26-19-11-7-17(8-12-19)22(25)16-23(18-9-13-20(27-2)14-10-18)21-6-4-3-5-15-24(21)22/h7-14,25H,3-6,15-16H2,1-2H3/q+1/t22-/m0/s1. The molecule has 0 radical (unpaired) electrons. The van der Waals surface area contributed by atoms with Crippen molar-refractivity contribution >= 4 is 11.5 Å². The summed E-state index contributed by atoms with van der Waals surface area (Å²) in [6.45, 7) is 1.38. The number of anilines is 1. The van der Waals surface area contributed by atoms with Crippen LogP contribution in [0.5, 0.6) is 11.5 Å². The highest BCUT2D eigenvalue weighted by Gasteiger charge is 2.51. The van der Waals surface area contributed by atoms with Gasteiger partial charge in [0.15, 0.2) is 6.54 Å². The van der Waals surface area contributed by atoms with E-state index in [2.05, 4.69) is 21.6 Å². The number of hydrogen-bond acceptors (Lipinski definition) is 4. The van der Waals surface area contributed by atoms with Gasteiger partial charge in [-0.2, -0.15) is 0 Å². The van der Waals surface area contributed by atoms with Crippen LogP contribution >= 0.6 is 0 Å².